The molecule has 2 atom stereocenters. The largest absolute Gasteiger partial charge is 0.381 e. The summed E-state index contributed by atoms with van der Waals surface area (Å²) in [6, 6.07) is 8.79. The Morgan fingerprint density at radius 1 is 1.33 bits per heavy atom. The molecule has 3 rings (SSSR count). The van der Waals surface area contributed by atoms with Gasteiger partial charge in [-0.05, 0) is 37.8 Å². The van der Waals surface area contributed by atoms with Gasteiger partial charge in [0.25, 0.3) is 0 Å². The smallest absolute Gasteiger partial charge is 0.184 e. The summed E-state index contributed by atoms with van der Waals surface area (Å²) >= 11 is 1.74. The van der Waals surface area contributed by atoms with Crippen molar-refractivity contribution in [1.29, 1.82) is 0 Å². The first kappa shape index (κ1) is 11.9. The fraction of sp³-hybridized carbons (Fsp3) is 0.500. The van der Waals surface area contributed by atoms with Gasteiger partial charge < -0.3 is 10.1 Å². The zero-order chi connectivity index (χ0) is 12.4. The van der Waals surface area contributed by atoms with E-state index < -0.39 is 0 Å². The average molecular weight is 262 g/mol. The van der Waals surface area contributed by atoms with E-state index in [9.17, 15) is 0 Å². The Morgan fingerprint density at radius 2 is 2.22 bits per heavy atom. The van der Waals surface area contributed by atoms with Crippen molar-refractivity contribution in [2.24, 2.45) is 0 Å². The van der Waals surface area contributed by atoms with E-state index in [4.69, 9.17) is 4.74 Å². The fourth-order valence-electron chi connectivity index (χ4n) is 2.60. The third-order valence-corrected chi connectivity index (χ3v) is 4.55. The molecule has 0 aliphatic heterocycles. The number of thiazole rings is 1. The minimum atomic E-state index is 0.408. The van der Waals surface area contributed by atoms with Crippen molar-refractivity contribution in [3.05, 3.63) is 24.3 Å². The highest BCUT2D eigenvalue weighted by Gasteiger charge is 2.22. The molecule has 1 N–H and O–H groups in total. The number of hydrogen-bond acceptors (Lipinski definition) is 4. The van der Waals surface area contributed by atoms with Crippen LogP contribution < -0.4 is 5.32 Å². The highest BCUT2D eigenvalue weighted by Crippen LogP contribution is 2.29. The van der Waals surface area contributed by atoms with E-state index >= 15 is 0 Å². The maximum atomic E-state index is 5.46. The Balaban J connectivity index is 1.71. The van der Waals surface area contributed by atoms with Crippen molar-refractivity contribution in [2.75, 3.05) is 12.4 Å². The molecule has 1 aliphatic carbocycles. The Bertz CT molecular complexity index is 492. The predicted molar refractivity (Wildman–Crippen MR) is 76.3 cm³/mol. The molecule has 0 saturated heterocycles. The average Bonchev–Trinajstić information content (AvgIpc) is 2.81. The maximum absolute atomic E-state index is 5.46. The lowest BCUT2D eigenvalue weighted by Crippen LogP contribution is -2.30. The van der Waals surface area contributed by atoms with Gasteiger partial charge in [0.1, 0.15) is 0 Å². The predicted octanol–water partition coefficient (Wildman–Crippen LogP) is 3.67. The third-order valence-electron chi connectivity index (χ3n) is 3.58. The third kappa shape index (κ3) is 2.49. The molecule has 2 unspecified atom stereocenters. The number of nitrogens with zero attached hydrogens (tertiary/aromatic N) is 1. The van der Waals surface area contributed by atoms with Gasteiger partial charge in [0.2, 0.25) is 0 Å². The van der Waals surface area contributed by atoms with Crippen LogP contribution in [0.1, 0.15) is 25.7 Å². The van der Waals surface area contributed by atoms with Crippen LogP contribution in [0.5, 0.6) is 0 Å². The number of rotatable bonds is 3. The summed E-state index contributed by atoms with van der Waals surface area (Å²) in [5, 5.41) is 4.60. The number of ether oxygens (including phenoxy) is 1. The highest BCUT2D eigenvalue weighted by molar-refractivity contribution is 7.22. The number of para-hydroxylation sites is 1. The molecule has 0 amide bonds. The van der Waals surface area contributed by atoms with Crippen LogP contribution in [-0.4, -0.2) is 24.2 Å². The van der Waals surface area contributed by atoms with Crippen LogP contribution in [0.25, 0.3) is 10.2 Å². The van der Waals surface area contributed by atoms with Crippen LogP contribution >= 0.6 is 11.3 Å². The van der Waals surface area contributed by atoms with Gasteiger partial charge >= 0.3 is 0 Å². The van der Waals surface area contributed by atoms with Crippen molar-refractivity contribution < 1.29 is 4.74 Å². The lowest BCUT2D eigenvalue weighted by molar-refractivity contribution is 0.0669. The van der Waals surface area contributed by atoms with E-state index in [-0.39, 0.29) is 0 Å². The molecule has 1 fully saturated rings. The number of anilines is 1. The number of nitrogens with one attached hydrogen (secondary N) is 1. The summed E-state index contributed by atoms with van der Waals surface area (Å²) in [4.78, 5) is 4.62. The maximum Gasteiger partial charge on any atom is 0.184 e. The van der Waals surface area contributed by atoms with Crippen LogP contribution in [0, 0.1) is 0 Å². The lowest BCUT2D eigenvalue weighted by atomic mass is 9.93. The second-order valence-corrected chi connectivity index (χ2v) is 5.88. The van der Waals surface area contributed by atoms with Gasteiger partial charge in [-0.3, -0.25) is 0 Å². The second kappa shape index (κ2) is 5.24. The van der Waals surface area contributed by atoms with Gasteiger partial charge in [-0.25, -0.2) is 4.98 Å². The number of fused-ring (bicyclic) bond motifs is 1. The fourth-order valence-corrected chi connectivity index (χ4v) is 3.54. The zero-order valence-corrected chi connectivity index (χ0v) is 11.4. The molecule has 2 aromatic rings. The first-order valence-electron chi connectivity index (χ1n) is 6.50. The standard InChI is InChI=1S/C14H18N2OS/c1-17-11-6-4-5-10(9-11)15-14-16-12-7-2-3-8-13(12)18-14/h2-3,7-8,10-11H,4-6,9H2,1H3,(H,15,16). The Kier molecular flexibility index (Phi) is 3.48. The van der Waals surface area contributed by atoms with Crippen molar-refractivity contribution in [3.63, 3.8) is 0 Å². The van der Waals surface area contributed by atoms with Gasteiger partial charge in [0.15, 0.2) is 5.13 Å². The summed E-state index contributed by atoms with van der Waals surface area (Å²) in [5.74, 6) is 0. The van der Waals surface area contributed by atoms with Gasteiger partial charge in [0.05, 0.1) is 16.3 Å². The van der Waals surface area contributed by atoms with E-state index in [1.807, 2.05) is 13.2 Å². The van der Waals surface area contributed by atoms with E-state index in [2.05, 4.69) is 28.5 Å². The first-order valence-corrected chi connectivity index (χ1v) is 7.31. The summed E-state index contributed by atoms with van der Waals surface area (Å²) < 4.78 is 6.71. The number of hydrogen-bond donors (Lipinski definition) is 1. The van der Waals surface area contributed by atoms with Crippen LogP contribution in [0.4, 0.5) is 5.13 Å². The number of methoxy groups -OCH3 is 1. The normalized spacial score (nSPS) is 24.3. The molecule has 3 nitrogen and oxygen atoms in total. The van der Waals surface area contributed by atoms with Gasteiger partial charge in [-0.1, -0.05) is 23.5 Å². The number of aromatic nitrogens is 1. The van der Waals surface area contributed by atoms with Crippen molar-refractivity contribution in [1.82, 2.24) is 4.98 Å². The molecule has 0 spiro atoms. The van der Waals surface area contributed by atoms with E-state index in [1.165, 1.54) is 24.0 Å². The molecule has 1 aliphatic rings. The van der Waals surface area contributed by atoms with Crippen LogP contribution in [0.2, 0.25) is 0 Å². The molecular weight excluding hydrogens is 244 g/mol. The summed E-state index contributed by atoms with van der Waals surface area (Å²) in [6.45, 7) is 0. The summed E-state index contributed by atoms with van der Waals surface area (Å²) in [7, 11) is 1.81. The molecule has 0 radical (unpaired) electrons. The molecule has 1 saturated carbocycles. The second-order valence-electron chi connectivity index (χ2n) is 4.85. The Hall–Kier alpha value is -1.13. The molecule has 1 aromatic carbocycles. The molecule has 0 bridgehead atoms. The Labute approximate surface area is 111 Å². The monoisotopic (exact) mass is 262 g/mol. The quantitative estimate of drug-likeness (QED) is 0.916. The molecular formula is C14H18N2OS. The van der Waals surface area contributed by atoms with Crippen LogP contribution in [0.15, 0.2) is 24.3 Å². The van der Waals surface area contributed by atoms with Crippen molar-refractivity contribution >= 4 is 26.7 Å². The highest BCUT2D eigenvalue weighted by atomic mass is 32.1. The lowest BCUT2D eigenvalue weighted by Gasteiger charge is -2.28. The molecule has 1 aromatic heterocycles. The minimum Gasteiger partial charge on any atom is -0.381 e. The minimum absolute atomic E-state index is 0.408. The van der Waals surface area contributed by atoms with Crippen LogP contribution in [0.3, 0.4) is 0 Å². The van der Waals surface area contributed by atoms with Gasteiger partial charge in [0, 0.05) is 13.2 Å². The SMILES string of the molecule is COC1CCCC(Nc2nc3ccccc3s2)C1. The van der Waals surface area contributed by atoms with E-state index in [1.54, 1.807) is 11.3 Å². The van der Waals surface area contributed by atoms with E-state index in [0.29, 0.717) is 12.1 Å². The molecule has 4 heteroatoms. The molecule has 96 valence electrons. The molecule has 18 heavy (non-hydrogen) atoms. The number of benzene rings is 1. The first-order chi connectivity index (χ1) is 8.85. The van der Waals surface area contributed by atoms with Crippen molar-refractivity contribution in [2.45, 2.75) is 37.8 Å². The Morgan fingerprint density at radius 3 is 3.06 bits per heavy atom. The van der Waals surface area contributed by atoms with Crippen LogP contribution in [-0.2, 0) is 4.74 Å². The van der Waals surface area contributed by atoms with Gasteiger partial charge in [-0.15, -0.1) is 0 Å². The van der Waals surface area contributed by atoms with Crippen molar-refractivity contribution in [3.8, 4) is 0 Å². The van der Waals surface area contributed by atoms with Gasteiger partial charge in [-0.2, -0.15) is 0 Å². The van der Waals surface area contributed by atoms with E-state index in [0.717, 1.165) is 17.1 Å². The summed E-state index contributed by atoms with van der Waals surface area (Å²) in [5.41, 5.74) is 1.09. The molecule has 1 heterocycles. The summed E-state index contributed by atoms with van der Waals surface area (Å²) in [6.07, 6.45) is 5.14. The zero-order valence-electron chi connectivity index (χ0n) is 10.6. The topological polar surface area (TPSA) is 34.1 Å².